The number of unbranched alkanes of at least 4 members (excludes halogenated alkanes) is 2. The first-order valence-electron chi connectivity index (χ1n) is 14.8. The van der Waals surface area contributed by atoms with Crippen LogP contribution in [0.15, 0.2) is 53.6 Å². The predicted octanol–water partition coefficient (Wildman–Crippen LogP) is 5.01. The first-order chi connectivity index (χ1) is 20.9. The van der Waals surface area contributed by atoms with Crippen LogP contribution in [0, 0.1) is 0 Å². The Hall–Kier alpha value is -4.47. The van der Waals surface area contributed by atoms with Crippen LogP contribution in [0.4, 0.5) is 11.4 Å². The summed E-state index contributed by atoms with van der Waals surface area (Å²) in [6, 6.07) is 7.19. The van der Waals surface area contributed by atoms with E-state index in [2.05, 4.69) is 23.5 Å². The van der Waals surface area contributed by atoms with Crippen molar-refractivity contribution in [3.8, 4) is 23.0 Å². The minimum Gasteiger partial charge on any atom is -0.493 e. The third-order valence-electron chi connectivity index (χ3n) is 8.44. The SMILES string of the molecule is C=C1CC2CNc3cc(OCCCCCOc4cc5c(cc4OC)C(=O)N4CC(=C)C[C@H]4C=N5)c(OC)cc3C(=O)N2C1. The molecule has 0 aliphatic carbocycles. The van der Waals surface area contributed by atoms with E-state index in [9.17, 15) is 9.59 Å². The number of carbonyl (C=O) groups is 2. The highest BCUT2D eigenvalue weighted by atomic mass is 16.5. The van der Waals surface area contributed by atoms with Crippen LogP contribution in [0.5, 0.6) is 23.0 Å². The molecular formula is C33H38N4O6. The van der Waals surface area contributed by atoms with Crippen molar-refractivity contribution < 1.29 is 28.5 Å². The molecule has 0 spiro atoms. The molecule has 0 saturated carbocycles. The molecule has 0 radical (unpaired) electrons. The zero-order valence-electron chi connectivity index (χ0n) is 24.8. The number of benzene rings is 2. The van der Waals surface area contributed by atoms with Crippen LogP contribution in [-0.4, -0.2) is 87.0 Å². The maximum atomic E-state index is 13.2. The van der Waals surface area contributed by atoms with Gasteiger partial charge in [-0.2, -0.15) is 0 Å². The number of fused-ring (bicyclic) bond motifs is 4. The van der Waals surface area contributed by atoms with E-state index in [1.165, 1.54) is 0 Å². The van der Waals surface area contributed by atoms with Crippen molar-refractivity contribution >= 4 is 29.4 Å². The average Bonchev–Trinajstić information content (AvgIpc) is 3.51. The van der Waals surface area contributed by atoms with Crippen molar-refractivity contribution in [1.29, 1.82) is 0 Å². The van der Waals surface area contributed by atoms with Crippen molar-refractivity contribution in [1.82, 2.24) is 9.80 Å². The summed E-state index contributed by atoms with van der Waals surface area (Å²) in [4.78, 5) is 34.7. The Balaban J connectivity index is 1.01. The number of anilines is 1. The molecule has 0 aromatic heterocycles. The van der Waals surface area contributed by atoms with Gasteiger partial charge < -0.3 is 34.1 Å². The Labute approximate surface area is 251 Å². The molecule has 1 N–H and O–H groups in total. The van der Waals surface area contributed by atoms with Crippen molar-refractivity contribution in [3.05, 3.63) is 59.7 Å². The Morgan fingerprint density at radius 2 is 1.44 bits per heavy atom. The third kappa shape index (κ3) is 5.66. The van der Waals surface area contributed by atoms with E-state index in [-0.39, 0.29) is 23.9 Å². The van der Waals surface area contributed by atoms with Gasteiger partial charge in [-0.25, -0.2) is 0 Å². The minimum absolute atomic E-state index is 0.00960. The molecule has 2 aromatic carbocycles. The maximum Gasteiger partial charge on any atom is 0.257 e. The molecule has 4 heterocycles. The smallest absolute Gasteiger partial charge is 0.257 e. The fraction of sp³-hybridized carbons (Fsp3) is 0.424. The zero-order valence-corrected chi connectivity index (χ0v) is 24.8. The number of rotatable bonds is 10. The van der Waals surface area contributed by atoms with Crippen LogP contribution in [-0.2, 0) is 0 Å². The Bertz CT molecular complexity index is 1500. The summed E-state index contributed by atoms with van der Waals surface area (Å²) in [5.41, 5.74) is 4.56. The number of aliphatic imine (C=N–C) groups is 1. The normalized spacial score (nSPS) is 20.5. The lowest BCUT2D eigenvalue weighted by atomic mass is 10.1. The van der Waals surface area contributed by atoms with E-state index >= 15 is 0 Å². The highest BCUT2D eigenvalue weighted by Gasteiger charge is 2.36. The molecule has 10 nitrogen and oxygen atoms in total. The molecule has 2 aromatic rings. The summed E-state index contributed by atoms with van der Waals surface area (Å²) in [5.74, 6) is 2.14. The van der Waals surface area contributed by atoms with Gasteiger partial charge in [-0.3, -0.25) is 14.6 Å². The number of hydrogen-bond donors (Lipinski definition) is 1. The number of ether oxygens (including phenoxy) is 4. The van der Waals surface area contributed by atoms with Gasteiger partial charge in [0.1, 0.15) is 0 Å². The summed E-state index contributed by atoms with van der Waals surface area (Å²) in [6.45, 7) is 10.9. The Morgan fingerprint density at radius 3 is 2.16 bits per heavy atom. The van der Waals surface area contributed by atoms with Crippen LogP contribution >= 0.6 is 0 Å². The molecule has 6 rings (SSSR count). The fourth-order valence-corrected chi connectivity index (χ4v) is 6.19. The first kappa shape index (κ1) is 28.6. The van der Waals surface area contributed by atoms with Gasteiger partial charge in [-0.1, -0.05) is 24.3 Å². The number of hydrogen-bond acceptors (Lipinski definition) is 8. The molecule has 1 unspecified atom stereocenters. The van der Waals surface area contributed by atoms with Gasteiger partial charge in [0.2, 0.25) is 0 Å². The van der Waals surface area contributed by atoms with Gasteiger partial charge in [0.15, 0.2) is 23.0 Å². The summed E-state index contributed by atoms with van der Waals surface area (Å²) >= 11 is 0. The molecule has 43 heavy (non-hydrogen) atoms. The number of carbonyl (C=O) groups excluding carboxylic acids is 2. The number of nitrogens with one attached hydrogen (secondary N) is 1. The summed E-state index contributed by atoms with van der Waals surface area (Å²) in [5, 5.41) is 3.42. The van der Waals surface area contributed by atoms with Crippen LogP contribution in [0.3, 0.4) is 0 Å². The largest absolute Gasteiger partial charge is 0.493 e. The lowest BCUT2D eigenvalue weighted by Gasteiger charge is -2.21. The predicted molar refractivity (Wildman–Crippen MR) is 165 cm³/mol. The van der Waals surface area contributed by atoms with Gasteiger partial charge in [-0.15, -0.1) is 0 Å². The van der Waals surface area contributed by atoms with Gasteiger partial charge in [0, 0.05) is 38.0 Å². The molecule has 2 amide bonds. The molecule has 2 atom stereocenters. The van der Waals surface area contributed by atoms with E-state index < -0.39 is 0 Å². The number of amides is 2. The second kappa shape index (κ2) is 12.0. The Morgan fingerprint density at radius 1 is 0.814 bits per heavy atom. The quantitative estimate of drug-likeness (QED) is 0.308. The van der Waals surface area contributed by atoms with Crippen LogP contribution in [0.1, 0.15) is 52.8 Å². The van der Waals surface area contributed by atoms with E-state index in [4.69, 9.17) is 18.9 Å². The molecule has 2 saturated heterocycles. The minimum atomic E-state index is -0.0684. The summed E-state index contributed by atoms with van der Waals surface area (Å²) < 4.78 is 23.3. The van der Waals surface area contributed by atoms with Gasteiger partial charge in [-0.05, 0) is 44.2 Å². The monoisotopic (exact) mass is 586 g/mol. The van der Waals surface area contributed by atoms with Crippen LogP contribution in [0.2, 0.25) is 0 Å². The Kier molecular flexibility index (Phi) is 8.01. The molecule has 2 fully saturated rings. The van der Waals surface area contributed by atoms with Gasteiger partial charge >= 0.3 is 0 Å². The molecule has 10 heteroatoms. The van der Waals surface area contributed by atoms with Crippen LogP contribution in [0.25, 0.3) is 0 Å². The molecule has 4 aliphatic heterocycles. The summed E-state index contributed by atoms with van der Waals surface area (Å²) in [7, 11) is 3.15. The molecular weight excluding hydrogens is 548 g/mol. The molecule has 4 aliphatic rings. The second-order valence-electron chi connectivity index (χ2n) is 11.5. The molecule has 0 bridgehead atoms. The number of methoxy groups -OCH3 is 2. The second-order valence-corrected chi connectivity index (χ2v) is 11.5. The highest BCUT2D eigenvalue weighted by molar-refractivity contribution is 6.04. The highest BCUT2D eigenvalue weighted by Crippen LogP contribution is 2.39. The average molecular weight is 587 g/mol. The third-order valence-corrected chi connectivity index (χ3v) is 8.44. The van der Waals surface area contributed by atoms with Crippen molar-refractivity contribution in [2.45, 2.75) is 44.2 Å². The van der Waals surface area contributed by atoms with E-state index in [1.807, 2.05) is 17.2 Å². The van der Waals surface area contributed by atoms with Crippen molar-refractivity contribution in [3.63, 3.8) is 0 Å². The van der Waals surface area contributed by atoms with Crippen molar-refractivity contribution in [2.24, 2.45) is 4.99 Å². The molecule has 226 valence electrons. The first-order valence-corrected chi connectivity index (χ1v) is 14.8. The maximum absolute atomic E-state index is 13.2. The standard InChI is InChI=1S/C33H38N4O6/c1-20-10-22-16-34-26-14-30(28(40-3)12-24(26)32(38)36(22)18-20)42-8-6-5-7-9-43-31-15-27-25(13-29(31)41-4)33(39)37-19-21(2)11-23(37)17-35-27/h12-16,22-23,35H,1-2,5-11,17-19H2,3-4H3/t22-,23?/m0/s1. The van der Waals surface area contributed by atoms with E-state index in [0.29, 0.717) is 72.7 Å². The lowest BCUT2D eigenvalue weighted by molar-refractivity contribution is 0.0750. The van der Waals surface area contributed by atoms with E-state index in [1.54, 1.807) is 37.3 Å². The zero-order chi connectivity index (χ0) is 30.1. The fourth-order valence-electron chi connectivity index (χ4n) is 6.19. The van der Waals surface area contributed by atoms with E-state index in [0.717, 1.165) is 48.9 Å². The topological polar surface area (TPSA) is 102 Å². The van der Waals surface area contributed by atoms with Crippen LogP contribution < -0.4 is 24.3 Å². The van der Waals surface area contributed by atoms with Gasteiger partial charge in [0.25, 0.3) is 11.8 Å². The van der Waals surface area contributed by atoms with Crippen molar-refractivity contribution in [2.75, 3.05) is 52.4 Å². The van der Waals surface area contributed by atoms with Gasteiger partial charge in [0.05, 0.1) is 62.0 Å². The summed E-state index contributed by atoms with van der Waals surface area (Å²) in [6.07, 6.45) is 5.89. The lowest BCUT2D eigenvalue weighted by Crippen LogP contribution is -2.36. The number of nitrogens with zero attached hydrogens (tertiary/aromatic N) is 3.